The summed E-state index contributed by atoms with van der Waals surface area (Å²) in [5, 5.41) is 11.0. The van der Waals surface area contributed by atoms with E-state index in [1.807, 2.05) is 0 Å². The van der Waals surface area contributed by atoms with Crippen LogP contribution < -0.4 is 0 Å². The Morgan fingerprint density at radius 1 is 1.43 bits per heavy atom. The molecular formula is C14H17ClN2O4. The summed E-state index contributed by atoms with van der Waals surface area (Å²) in [4.78, 5) is 26.1. The molecule has 1 aromatic heterocycles. The van der Waals surface area contributed by atoms with Crippen LogP contribution in [0.25, 0.3) is 0 Å². The van der Waals surface area contributed by atoms with Crippen molar-refractivity contribution in [2.75, 3.05) is 0 Å². The van der Waals surface area contributed by atoms with Crippen molar-refractivity contribution in [2.24, 2.45) is 11.8 Å². The molecule has 0 aromatic carbocycles. The fourth-order valence-corrected chi connectivity index (χ4v) is 2.71. The van der Waals surface area contributed by atoms with Crippen molar-refractivity contribution in [1.29, 1.82) is 0 Å². The van der Waals surface area contributed by atoms with Crippen LogP contribution in [0.5, 0.6) is 0 Å². The van der Waals surface area contributed by atoms with E-state index in [2.05, 4.69) is 18.8 Å². The number of pyridine rings is 1. The molecule has 2 rings (SSSR count). The summed E-state index contributed by atoms with van der Waals surface area (Å²) < 4.78 is 5.41. The highest BCUT2D eigenvalue weighted by Crippen LogP contribution is 2.32. The number of halogens is 1. The summed E-state index contributed by atoms with van der Waals surface area (Å²) in [5.74, 6) is 0.356. The van der Waals surface area contributed by atoms with Crippen molar-refractivity contribution in [3.63, 3.8) is 0 Å². The van der Waals surface area contributed by atoms with Gasteiger partial charge in [0, 0.05) is 0 Å². The Morgan fingerprint density at radius 2 is 2.14 bits per heavy atom. The zero-order chi connectivity index (χ0) is 15.6. The third-order valence-corrected chi connectivity index (χ3v) is 4.30. The molecule has 3 atom stereocenters. The predicted octanol–water partition coefficient (Wildman–Crippen LogP) is 3.62. The molecule has 1 fully saturated rings. The fraction of sp³-hybridized carbons (Fsp3) is 0.571. The van der Waals surface area contributed by atoms with Gasteiger partial charge in [-0.15, -0.1) is 0 Å². The standard InChI is InChI=1S/C14H17ClN2O4/c1-8-3-4-10(5-9(8)2)21-14(18)11-6-13(15)16-7-12(11)17(19)20/h6-10H,3-5H2,1-2H3. The van der Waals surface area contributed by atoms with Crippen LogP contribution in [0.4, 0.5) is 5.69 Å². The van der Waals surface area contributed by atoms with Crippen molar-refractivity contribution in [3.05, 3.63) is 33.1 Å². The van der Waals surface area contributed by atoms with Crippen LogP contribution in [-0.2, 0) is 4.74 Å². The zero-order valence-electron chi connectivity index (χ0n) is 11.9. The average Bonchev–Trinajstić information content (AvgIpc) is 2.42. The minimum absolute atomic E-state index is 0.0261. The predicted molar refractivity (Wildman–Crippen MR) is 77.3 cm³/mol. The topological polar surface area (TPSA) is 82.3 Å². The molecule has 1 aromatic rings. The number of esters is 1. The zero-order valence-corrected chi connectivity index (χ0v) is 12.7. The van der Waals surface area contributed by atoms with E-state index in [1.165, 1.54) is 6.07 Å². The maximum atomic E-state index is 12.2. The molecule has 1 aliphatic rings. The lowest BCUT2D eigenvalue weighted by Gasteiger charge is -2.31. The first-order valence-electron chi connectivity index (χ1n) is 6.89. The molecule has 1 saturated carbocycles. The van der Waals surface area contributed by atoms with Crippen LogP contribution >= 0.6 is 11.6 Å². The summed E-state index contributed by atoms with van der Waals surface area (Å²) in [6, 6.07) is 1.18. The van der Waals surface area contributed by atoms with E-state index in [-0.39, 0.29) is 22.5 Å². The van der Waals surface area contributed by atoms with Crippen LogP contribution in [0.2, 0.25) is 5.15 Å². The van der Waals surface area contributed by atoms with Gasteiger partial charge in [-0.3, -0.25) is 10.1 Å². The van der Waals surface area contributed by atoms with Crippen LogP contribution in [-0.4, -0.2) is 22.0 Å². The van der Waals surface area contributed by atoms with Gasteiger partial charge in [-0.2, -0.15) is 0 Å². The van der Waals surface area contributed by atoms with Gasteiger partial charge < -0.3 is 4.74 Å². The minimum atomic E-state index is -0.710. The van der Waals surface area contributed by atoms with Gasteiger partial charge >= 0.3 is 11.7 Å². The average molecular weight is 313 g/mol. The van der Waals surface area contributed by atoms with Crippen LogP contribution in [0.3, 0.4) is 0 Å². The van der Waals surface area contributed by atoms with Gasteiger partial charge in [0.25, 0.3) is 0 Å². The number of nitrogens with zero attached hydrogens (tertiary/aromatic N) is 2. The Balaban J connectivity index is 2.13. The van der Waals surface area contributed by atoms with E-state index in [9.17, 15) is 14.9 Å². The van der Waals surface area contributed by atoms with E-state index >= 15 is 0 Å². The molecular weight excluding hydrogens is 296 g/mol. The number of aromatic nitrogens is 1. The number of carbonyl (C=O) groups excluding carboxylic acids is 1. The molecule has 114 valence electrons. The second kappa shape index (κ2) is 6.39. The highest BCUT2D eigenvalue weighted by atomic mass is 35.5. The third kappa shape index (κ3) is 3.69. The van der Waals surface area contributed by atoms with Gasteiger partial charge in [-0.25, -0.2) is 9.78 Å². The molecule has 1 aliphatic carbocycles. The van der Waals surface area contributed by atoms with Gasteiger partial charge in [-0.05, 0) is 37.2 Å². The first-order chi connectivity index (χ1) is 9.88. The summed E-state index contributed by atoms with van der Waals surface area (Å²) in [6.45, 7) is 4.30. The minimum Gasteiger partial charge on any atom is -0.459 e. The summed E-state index contributed by atoms with van der Waals surface area (Å²) in [5.41, 5.74) is -0.534. The van der Waals surface area contributed by atoms with Gasteiger partial charge in [0.15, 0.2) is 0 Å². The second-order valence-corrected chi connectivity index (χ2v) is 5.96. The van der Waals surface area contributed by atoms with E-state index in [1.54, 1.807) is 0 Å². The third-order valence-electron chi connectivity index (χ3n) is 4.09. The number of hydrogen-bond acceptors (Lipinski definition) is 5. The van der Waals surface area contributed by atoms with E-state index in [4.69, 9.17) is 16.3 Å². The van der Waals surface area contributed by atoms with Crippen LogP contribution in [0.1, 0.15) is 43.5 Å². The van der Waals surface area contributed by atoms with Gasteiger partial charge in [0.05, 0.1) is 4.92 Å². The first-order valence-corrected chi connectivity index (χ1v) is 7.27. The molecule has 6 nitrogen and oxygen atoms in total. The van der Waals surface area contributed by atoms with E-state index in [0.29, 0.717) is 11.8 Å². The molecule has 3 unspecified atom stereocenters. The number of hydrogen-bond donors (Lipinski definition) is 0. The largest absolute Gasteiger partial charge is 0.459 e. The summed E-state index contributed by atoms with van der Waals surface area (Å²) >= 11 is 5.71. The molecule has 0 amide bonds. The summed E-state index contributed by atoms with van der Waals surface area (Å²) in [7, 11) is 0. The van der Waals surface area contributed by atoms with Gasteiger partial charge in [0.2, 0.25) is 0 Å². The lowest BCUT2D eigenvalue weighted by atomic mass is 9.80. The number of carbonyl (C=O) groups is 1. The fourth-order valence-electron chi connectivity index (χ4n) is 2.55. The van der Waals surface area contributed by atoms with Crippen molar-refractivity contribution in [2.45, 2.75) is 39.2 Å². The van der Waals surface area contributed by atoms with Crippen molar-refractivity contribution in [3.8, 4) is 0 Å². The normalized spacial score (nSPS) is 25.4. The quantitative estimate of drug-likeness (QED) is 0.368. The Kier molecular flexibility index (Phi) is 4.77. The van der Waals surface area contributed by atoms with Gasteiger partial charge in [-0.1, -0.05) is 25.4 Å². The van der Waals surface area contributed by atoms with Gasteiger partial charge in [0.1, 0.15) is 23.0 Å². The Hall–Kier alpha value is -1.69. The van der Waals surface area contributed by atoms with Crippen molar-refractivity contribution in [1.82, 2.24) is 4.98 Å². The monoisotopic (exact) mass is 312 g/mol. The Bertz CT molecular complexity index is 564. The number of nitro groups is 1. The van der Waals surface area contributed by atoms with Crippen LogP contribution in [0.15, 0.2) is 12.3 Å². The second-order valence-electron chi connectivity index (χ2n) is 5.58. The van der Waals surface area contributed by atoms with Crippen LogP contribution in [0, 0.1) is 22.0 Å². The molecule has 0 saturated heterocycles. The van der Waals surface area contributed by atoms with E-state index < -0.39 is 10.9 Å². The highest BCUT2D eigenvalue weighted by Gasteiger charge is 2.30. The lowest BCUT2D eigenvalue weighted by Crippen LogP contribution is -2.29. The molecule has 0 N–H and O–H groups in total. The molecule has 21 heavy (non-hydrogen) atoms. The smallest absolute Gasteiger partial charge is 0.345 e. The SMILES string of the molecule is CC1CCC(OC(=O)c2cc(Cl)ncc2[N+](=O)[O-])CC1C. The molecule has 1 heterocycles. The maximum absolute atomic E-state index is 12.2. The Morgan fingerprint density at radius 3 is 2.76 bits per heavy atom. The highest BCUT2D eigenvalue weighted by molar-refractivity contribution is 6.29. The molecule has 0 spiro atoms. The number of rotatable bonds is 3. The maximum Gasteiger partial charge on any atom is 0.345 e. The summed E-state index contributed by atoms with van der Waals surface area (Å²) in [6.07, 6.45) is 3.32. The molecule has 0 aliphatic heterocycles. The van der Waals surface area contributed by atoms with Crippen molar-refractivity contribution >= 4 is 23.3 Å². The van der Waals surface area contributed by atoms with E-state index in [0.717, 1.165) is 25.5 Å². The Labute approximate surface area is 127 Å². The lowest BCUT2D eigenvalue weighted by molar-refractivity contribution is -0.385. The molecule has 7 heteroatoms. The first kappa shape index (κ1) is 15.7. The molecule has 0 radical (unpaired) electrons. The van der Waals surface area contributed by atoms with Crippen molar-refractivity contribution < 1.29 is 14.5 Å². The number of ether oxygens (including phenoxy) is 1. The molecule has 0 bridgehead atoms.